The van der Waals surface area contributed by atoms with Gasteiger partial charge in [0.2, 0.25) is 0 Å². The van der Waals surface area contributed by atoms with Crippen molar-refractivity contribution in [2.24, 2.45) is 0 Å². The van der Waals surface area contributed by atoms with Crippen molar-refractivity contribution in [3.05, 3.63) is 66.2 Å². The molecule has 0 bridgehead atoms. The molecule has 4 rings (SSSR count). The molecule has 3 aromatic rings. The number of aryl methyl sites for hydroxylation is 1. The molecular formula is C23H26N4O2S. The van der Waals surface area contributed by atoms with Gasteiger partial charge in [-0.3, -0.25) is 4.72 Å². The Bertz CT molecular complexity index is 1090. The summed E-state index contributed by atoms with van der Waals surface area (Å²) in [5, 5.41) is 8.80. The highest BCUT2D eigenvalue weighted by Gasteiger charge is 2.15. The van der Waals surface area contributed by atoms with Crippen molar-refractivity contribution in [2.75, 3.05) is 22.7 Å². The van der Waals surface area contributed by atoms with Crippen LogP contribution in [-0.2, 0) is 10.0 Å². The lowest BCUT2D eigenvalue weighted by atomic mass is 10.1. The monoisotopic (exact) mass is 422 g/mol. The number of sulfonamides is 1. The van der Waals surface area contributed by atoms with E-state index in [1.165, 1.54) is 25.7 Å². The van der Waals surface area contributed by atoms with E-state index in [0.29, 0.717) is 5.69 Å². The lowest BCUT2D eigenvalue weighted by Crippen LogP contribution is -2.25. The third-order valence-corrected chi connectivity index (χ3v) is 6.69. The van der Waals surface area contributed by atoms with Crippen LogP contribution < -0.4 is 9.62 Å². The van der Waals surface area contributed by atoms with Crippen molar-refractivity contribution in [1.82, 2.24) is 10.2 Å². The summed E-state index contributed by atoms with van der Waals surface area (Å²) in [5.41, 5.74) is 3.06. The van der Waals surface area contributed by atoms with Crippen molar-refractivity contribution in [2.45, 2.75) is 37.5 Å². The maximum Gasteiger partial charge on any atom is 0.261 e. The highest BCUT2D eigenvalue weighted by atomic mass is 32.2. The number of nitrogens with zero attached hydrogens (tertiary/aromatic N) is 3. The summed E-state index contributed by atoms with van der Waals surface area (Å²) in [6, 6.07) is 18.0. The van der Waals surface area contributed by atoms with Gasteiger partial charge in [-0.05, 0) is 61.7 Å². The first-order valence-electron chi connectivity index (χ1n) is 10.3. The van der Waals surface area contributed by atoms with Crippen LogP contribution in [-0.4, -0.2) is 31.7 Å². The van der Waals surface area contributed by atoms with E-state index in [2.05, 4.69) is 19.8 Å². The van der Waals surface area contributed by atoms with Crippen LogP contribution in [0.5, 0.6) is 0 Å². The lowest BCUT2D eigenvalue weighted by Gasteiger charge is -2.20. The first kappa shape index (κ1) is 20.3. The van der Waals surface area contributed by atoms with Crippen LogP contribution in [0, 0.1) is 6.92 Å². The summed E-state index contributed by atoms with van der Waals surface area (Å²) in [6.07, 6.45) is 4.96. The molecule has 7 heteroatoms. The number of anilines is 2. The van der Waals surface area contributed by atoms with E-state index in [0.717, 1.165) is 35.7 Å². The van der Waals surface area contributed by atoms with Crippen molar-refractivity contribution in [3.63, 3.8) is 0 Å². The quantitative estimate of drug-likeness (QED) is 0.649. The van der Waals surface area contributed by atoms with E-state index in [4.69, 9.17) is 0 Å². The Labute approximate surface area is 178 Å². The smallest absolute Gasteiger partial charge is 0.261 e. The van der Waals surface area contributed by atoms with Crippen molar-refractivity contribution in [1.29, 1.82) is 0 Å². The fourth-order valence-electron chi connectivity index (χ4n) is 3.65. The second kappa shape index (κ2) is 8.83. The molecule has 0 amide bonds. The summed E-state index contributed by atoms with van der Waals surface area (Å²) < 4.78 is 27.8. The zero-order valence-corrected chi connectivity index (χ0v) is 17.9. The van der Waals surface area contributed by atoms with Crippen molar-refractivity contribution < 1.29 is 8.42 Å². The zero-order chi connectivity index (χ0) is 21.0. The topological polar surface area (TPSA) is 75.2 Å². The van der Waals surface area contributed by atoms with Gasteiger partial charge in [0.25, 0.3) is 10.0 Å². The summed E-state index contributed by atoms with van der Waals surface area (Å²) in [4.78, 5) is 2.55. The fourth-order valence-corrected chi connectivity index (χ4v) is 4.82. The first-order valence-corrected chi connectivity index (χ1v) is 11.8. The zero-order valence-electron chi connectivity index (χ0n) is 17.1. The maximum absolute atomic E-state index is 12.6. The summed E-state index contributed by atoms with van der Waals surface area (Å²) in [5.74, 6) is 0.920. The standard InChI is InChI=1S/C23H26N4O2S/c1-18-7-6-8-21(17-18)30(28,29)26-20-11-9-19(10-12-20)22-13-14-23(25-24-22)27-15-4-2-3-5-16-27/h6-14,17,26H,2-5,15-16H2,1H3. The molecule has 0 spiro atoms. The summed E-state index contributed by atoms with van der Waals surface area (Å²) in [6.45, 7) is 3.93. The Kier molecular flexibility index (Phi) is 5.99. The van der Waals surface area contributed by atoms with Gasteiger partial charge in [0.15, 0.2) is 5.82 Å². The van der Waals surface area contributed by atoms with E-state index in [-0.39, 0.29) is 4.90 Å². The summed E-state index contributed by atoms with van der Waals surface area (Å²) >= 11 is 0. The van der Waals surface area contributed by atoms with Crippen LogP contribution in [0.4, 0.5) is 11.5 Å². The molecule has 2 heterocycles. The van der Waals surface area contributed by atoms with Gasteiger partial charge < -0.3 is 4.90 Å². The second-order valence-corrected chi connectivity index (χ2v) is 9.36. The molecule has 1 aliphatic rings. The Hall–Kier alpha value is -2.93. The molecule has 1 aromatic heterocycles. The number of benzene rings is 2. The van der Waals surface area contributed by atoms with Gasteiger partial charge in [0.05, 0.1) is 10.6 Å². The highest BCUT2D eigenvalue weighted by molar-refractivity contribution is 7.92. The van der Waals surface area contributed by atoms with Crippen LogP contribution in [0.2, 0.25) is 0 Å². The Morgan fingerprint density at radius 1 is 0.867 bits per heavy atom. The molecule has 0 saturated carbocycles. The van der Waals surface area contributed by atoms with E-state index < -0.39 is 10.0 Å². The van der Waals surface area contributed by atoms with Crippen molar-refractivity contribution >= 4 is 21.5 Å². The molecule has 0 aliphatic carbocycles. The number of hydrogen-bond donors (Lipinski definition) is 1. The number of rotatable bonds is 5. The fraction of sp³-hybridized carbons (Fsp3) is 0.304. The van der Waals surface area contributed by atoms with Crippen LogP contribution in [0.25, 0.3) is 11.3 Å². The van der Waals surface area contributed by atoms with Crippen LogP contribution in [0.15, 0.2) is 65.6 Å². The molecule has 0 radical (unpaired) electrons. The Morgan fingerprint density at radius 2 is 1.60 bits per heavy atom. The van der Waals surface area contributed by atoms with Gasteiger partial charge in [-0.25, -0.2) is 8.42 Å². The average molecular weight is 423 g/mol. The van der Waals surface area contributed by atoms with Gasteiger partial charge >= 0.3 is 0 Å². The minimum absolute atomic E-state index is 0.251. The SMILES string of the molecule is Cc1cccc(S(=O)(=O)Nc2ccc(-c3ccc(N4CCCCCC4)nn3)cc2)c1. The third kappa shape index (κ3) is 4.79. The van der Waals surface area contributed by atoms with Gasteiger partial charge in [0.1, 0.15) is 0 Å². The first-order chi connectivity index (χ1) is 14.5. The Morgan fingerprint density at radius 3 is 2.23 bits per heavy atom. The van der Waals surface area contributed by atoms with Crippen LogP contribution in [0.3, 0.4) is 0 Å². The predicted molar refractivity (Wildman–Crippen MR) is 120 cm³/mol. The molecule has 1 N–H and O–H groups in total. The maximum atomic E-state index is 12.6. The lowest BCUT2D eigenvalue weighted by molar-refractivity contribution is 0.601. The average Bonchev–Trinajstić information content (AvgIpc) is 3.04. The molecule has 156 valence electrons. The van der Waals surface area contributed by atoms with Crippen molar-refractivity contribution in [3.8, 4) is 11.3 Å². The molecule has 0 unspecified atom stereocenters. The van der Waals surface area contributed by atoms with Gasteiger partial charge in [-0.2, -0.15) is 0 Å². The molecule has 2 aromatic carbocycles. The molecular weight excluding hydrogens is 396 g/mol. The van der Waals surface area contributed by atoms with E-state index in [9.17, 15) is 8.42 Å². The normalized spacial score (nSPS) is 14.9. The number of hydrogen-bond acceptors (Lipinski definition) is 5. The van der Waals surface area contributed by atoms with Crippen LogP contribution in [0.1, 0.15) is 31.2 Å². The molecule has 30 heavy (non-hydrogen) atoms. The third-order valence-electron chi connectivity index (χ3n) is 5.31. The highest BCUT2D eigenvalue weighted by Crippen LogP contribution is 2.23. The second-order valence-electron chi connectivity index (χ2n) is 7.68. The van der Waals surface area contributed by atoms with E-state index in [1.54, 1.807) is 30.3 Å². The van der Waals surface area contributed by atoms with Gasteiger partial charge in [0, 0.05) is 24.3 Å². The van der Waals surface area contributed by atoms with Crippen LogP contribution >= 0.6 is 0 Å². The van der Waals surface area contributed by atoms with E-state index in [1.807, 2.05) is 37.3 Å². The number of nitrogens with one attached hydrogen (secondary N) is 1. The molecule has 1 saturated heterocycles. The summed E-state index contributed by atoms with van der Waals surface area (Å²) in [7, 11) is -3.62. The molecule has 0 atom stereocenters. The van der Waals surface area contributed by atoms with Gasteiger partial charge in [-0.1, -0.05) is 37.1 Å². The molecule has 1 aliphatic heterocycles. The Balaban J connectivity index is 1.47. The van der Waals surface area contributed by atoms with Gasteiger partial charge in [-0.15, -0.1) is 10.2 Å². The minimum Gasteiger partial charge on any atom is -0.355 e. The minimum atomic E-state index is -3.62. The molecule has 6 nitrogen and oxygen atoms in total. The largest absolute Gasteiger partial charge is 0.355 e. The predicted octanol–water partition coefficient (Wildman–Crippen LogP) is 4.63. The number of aromatic nitrogens is 2. The molecule has 1 fully saturated rings. The van der Waals surface area contributed by atoms with E-state index >= 15 is 0 Å².